The second-order valence-corrected chi connectivity index (χ2v) is 4.97. The number of benzene rings is 2. The van der Waals surface area contributed by atoms with Gasteiger partial charge in [-0.1, -0.05) is 54.6 Å². The fourth-order valence-electron chi connectivity index (χ4n) is 2.28. The topological polar surface area (TPSA) is 40.7 Å². The number of hydrogen-bond donors (Lipinski definition) is 2. The molecule has 0 unspecified atom stereocenters. The second kappa shape index (κ2) is 6.86. The lowest BCUT2D eigenvalue weighted by molar-refractivity contribution is 0.727. The molecule has 0 fully saturated rings. The van der Waals surface area contributed by atoms with E-state index in [1.54, 1.807) is 0 Å². The van der Waals surface area contributed by atoms with E-state index in [9.17, 15) is 0 Å². The Morgan fingerprint density at radius 3 is 2.67 bits per heavy atom. The number of imidazole rings is 1. The van der Waals surface area contributed by atoms with Crippen LogP contribution < -0.4 is 5.32 Å². The fourth-order valence-corrected chi connectivity index (χ4v) is 2.28. The molecule has 0 aliphatic heterocycles. The van der Waals surface area contributed by atoms with Crippen LogP contribution in [-0.4, -0.2) is 23.1 Å². The predicted octanol–water partition coefficient (Wildman–Crippen LogP) is 3.41. The average Bonchev–Trinajstić information content (AvgIpc) is 2.94. The van der Waals surface area contributed by atoms with Crippen molar-refractivity contribution in [3.63, 3.8) is 0 Å². The molecule has 3 rings (SSSR count). The summed E-state index contributed by atoms with van der Waals surface area (Å²) >= 11 is 0. The highest BCUT2D eigenvalue weighted by atomic mass is 14.9. The van der Waals surface area contributed by atoms with Gasteiger partial charge in [0.15, 0.2) is 0 Å². The molecule has 0 radical (unpaired) electrons. The first kappa shape index (κ1) is 13.6. The SMILES string of the molecule is C(=C\c1ccccc1)/CNCCc1nc2ccccc2[nH]1. The normalized spacial score (nSPS) is 11.4. The van der Waals surface area contributed by atoms with E-state index in [4.69, 9.17) is 0 Å². The smallest absolute Gasteiger partial charge is 0.108 e. The largest absolute Gasteiger partial charge is 0.342 e. The van der Waals surface area contributed by atoms with E-state index >= 15 is 0 Å². The van der Waals surface area contributed by atoms with Crippen LogP contribution in [0.5, 0.6) is 0 Å². The van der Waals surface area contributed by atoms with Gasteiger partial charge in [0.2, 0.25) is 0 Å². The predicted molar refractivity (Wildman–Crippen MR) is 88.1 cm³/mol. The van der Waals surface area contributed by atoms with Crippen molar-refractivity contribution in [3.8, 4) is 0 Å². The molecule has 0 saturated carbocycles. The van der Waals surface area contributed by atoms with Crippen molar-refractivity contribution >= 4 is 17.1 Å². The third-order valence-electron chi connectivity index (χ3n) is 3.35. The summed E-state index contributed by atoms with van der Waals surface area (Å²) in [5.74, 6) is 1.04. The molecule has 0 saturated heterocycles. The molecule has 2 aromatic carbocycles. The van der Waals surface area contributed by atoms with Crippen LogP contribution in [-0.2, 0) is 6.42 Å². The Hall–Kier alpha value is -2.39. The van der Waals surface area contributed by atoms with Crippen molar-refractivity contribution in [3.05, 3.63) is 72.1 Å². The number of aromatic amines is 1. The van der Waals surface area contributed by atoms with Gasteiger partial charge >= 0.3 is 0 Å². The van der Waals surface area contributed by atoms with Gasteiger partial charge in [0.05, 0.1) is 11.0 Å². The molecular weight excluding hydrogens is 258 g/mol. The summed E-state index contributed by atoms with van der Waals surface area (Å²) in [4.78, 5) is 7.91. The number of para-hydroxylation sites is 2. The second-order valence-electron chi connectivity index (χ2n) is 4.97. The minimum atomic E-state index is 0.870. The summed E-state index contributed by atoms with van der Waals surface area (Å²) in [6.07, 6.45) is 5.19. The molecule has 0 bridgehead atoms. The molecule has 0 amide bonds. The van der Waals surface area contributed by atoms with Crippen LogP contribution in [0.3, 0.4) is 0 Å². The zero-order valence-electron chi connectivity index (χ0n) is 11.9. The van der Waals surface area contributed by atoms with Gasteiger partial charge in [0.25, 0.3) is 0 Å². The van der Waals surface area contributed by atoms with Gasteiger partial charge in [0.1, 0.15) is 5.82 Å². The Labute approximate surface area is 124 Å². The van der Waals surface area contributed by atoms with Crippen molar-refractivity contribution in [2.45, 2.75) is 6.42 Å². The van der Waals surface area contributed by atoms with Gasteiger partial charge in [-0.25, -0.2) is 4.98 Å². The third kappa shape index (κ3) is 3.80. The maximum absolute atomic E-state index is 4.56. The molecule has 3 aromatic rings. The molecule has 1 heterocycles. The first-order chi connectivity index (χ1) is 10.4. The summed E-state index contributed by atoms with van der Waals surface area (Å²) < 4.78 is 0. The molecule has 0 atom stereocenters. The van der Waals surface area contributed by atoms with E-state index in [0.717, 1.165) is 36.4 Å². The van der Waals surface area contributed by atoms with Crippen LogP contribution in [0.4, 0.5) is 0 Å². The molecule has 106 valence electrons. The van der Waals surface area contributed by atoms with Gasteiger partial charge in [-0.05, 0) is 17.7 Å². The molecule has 3 heteroatoms. The minimum Gasteiger partial charge on any atom is -0.342 e. The van der Waals surface area contributed by atoms with E-state index < -0.39 is 0 Å². The highest BCUT2D eigenvalue weighted by Gasteiger charge is 2.00. The first-order valence-corrected chi connectivity index (χ1v) is 7.28. The van der Waals surface area contributed by atoms with Gasteiger partial charge in [-0.15, -0.1) is 0 Å². The molecule has 0 spiro atoms. The van der Waals surface area contributed by atoms with Crippen LogP contribution in [0.1, 0.15) is 11.4 Å². The van der Waals surface area contributed by atoms with Crippen molar-refractivity contribution in [2.75, 3.05) is 13.1 Å². The van der Waals surface area contributed by atoms with Crippen molar-refractivity contribution < 1.29 is 0 Å². The fraction of sp³-hybridized carbons (Fsp3) is 0.167. The third-order valence-corrected chi connectivity index (χ3v) is 3.35. The van der Waals surface area contributed by atoms with Gasteiger partial charge in [-0.2, -0.15) is 0 Å². The summed E-state index contributed by atoms with van der Waals surface area (Å²) in [5, 5.41) is 3.40. The number of fused-ring (bicyclic) bond motifs is 1. The van der Waals surface area contributed by atoms with Gasteiger partial charge in [-0.3, -0.25) is 0 Å². The standard InChI is InChI=1S/C18H19N3/c1-2-7-15(8-3-1)9-6-13-19-14-12-18-20-16-10-4-5-11-17(16)21-18/h1-11,19H,12-14H2,(H,20,21)/b9-6+. The molecule has 3 nitrogen and oxygen atoms in total. The lowest BCUT2D eigenvalue weighted by atomic mass is 10.2. The lowest BCUT2D eigenvalue weighted by Crippen LogP contribution is -2.17. The van der Waals surface area contributed by atoms with Crippen LogP contribution in [0.15, 0.2) is 60.7 Å². The summed E-state index contributed by atoms with van der Waals surface area (Å²) in [7, 11) is 0. The molecule has 1 aromatic heterocycles. The van der Waals surface area contributed by atoms with Crippen molar-refractivity contribution in [1.29, 1.82) is 0 Å². The Bertz CT molecular complexity index is 680. The van der Waals surface area contributed by atoms with Crippen LogP contribution >= 0.6 is 0 Å². The van der Waals surface area contributed by atoms with Crippen molar-refractivity contribution in [1.82, 2.24) is 15.3 Å². The number of rotatable bonds is 6. The number of hydrogen-bond acceptors (Lipinski definition) is 2. The zero-order valence-corrected chi connectivity index (χ0v) is 11.9. The number of nitrogens with zero attached hydrogens (tertiary/aromatic N) is 1. The Morgan fingerprint density at radius 2 is 1.81 bits per heavy atom. The van der Waals surface area contributed by atoms with Gasteiger partial charge in [0, 0.05) is 19.5 Å². The molecule has 2 N–H and O–H groups in total. The summed E-state index contributed by atoms with van der Waals surface area (Å²) in [6.45, 7) is 1.79. The van der Waals surface area contributed by atoms with Gasteiger partial charge < -0.3 is 10.3 Å². The highest BCUT2D eigenvalue weighted by Crippen LogP contribution is 2.10. The molecule has 0 aliphatic rings. The first-order valence-electron chi connectivity index (χ1n) is 7.28. The van der Waals surface area contributed by atoms with Crippen LogP contribution in [0, 0.1) is 0 Å². The molecular formula is C18H19N3. The molecule has 0 aliphatic carbocycles. The maximum atomic E-state index is 4.56. The van der Waals surface area contributed by atoms with E-state index in [2.05, 4.69) is 57.8 Å². The Kier molecular flexibility index (Phi) is 4.44. The Morgan fingerprint density at radius 1 is 1.00 bits per heavy atom. The van der Waals surface area contributed by atoms with E-state index in [-0.39, 0.29) is 0 Å². The number of aromatic nitrogens is 2. The van der Waals surface area contributed by atoms with Crippen molar-refractivity contribution in [2.24, 2.45) is 0 Å². The Balaban J connectivity index is 1.43. The number of nitrogens with one attached hydrogen (secondary N) is 2. The van der Waals surface area contributed by atoms with Crippen LogP contribution in [0.25, 0.3) is 17.1 Å². The number of H-pyrrole nitrogens is 1. The zero-order chi connectivity index (χ0) is 14.3. The summed E-state index contributed by atoms with van der Waals surface area (Å²) in [6, 6.07) is 18.5. The monoisotopic (exact) mass is 277 g/mol. The average molecular weight is 277 g/mol. The van der Waals surface area contributed by atoms with E-state index in [1.807, 2.05) is 24.3 Å². The highest BCUT2D eigenvalue weighted by molar-refractivity contribution is 5.74. The quantitative estimate of drug-likeness (QED) is 0.678. The maximum Gasteiger partial charge on any atom is 0.108 e. The lowest BCUT2D eigenvalue weighted by Gasteiger charge is -1.99. The molecule has 21 heavy (non-hydrogen) atoms. The minimum absolute atomic E-state index is 0.870. The summed E-state index contributed by atoms with van der Waals surface area (Å²) in [5.41, 5.74) is 3.38. The van der Waals surface area contributed by atoms with E-state index in [1.165, 1.54) is 5.56 Å². The van der Waals surface area contributed by atoms with E-state index in [0.29, 0.717) is 0 Å². The van der Waals surface area contributed by atoms with Crippen LogP contribution in [0.2, 0.25) is 0 Å².